The highest BCUT2D eigenvalue weighted by molar-refractivity contribution is 7.98. The molecule has 21 heavy (non-hydrogen) atoms. The topological polar surface area (TPSA) is 52.3 Å². The molecule has 1 atom stereocenters. The number of ether oxygens (including phenoxy) is 1. The van der Waals surface area contributed by atoms with Crippen LogP contribution < -0.4 is 0 Å². The van der Waals surface area contributed by atoms with Gasteiger partial charge < -0.3 is 4.74 Å². The van der Waals surface area contributed by atoms with Crippen LogP contribution in [0, 0.1) is 0 Å². The van der Waals surface area contributed by atoms with E-state index < -0.39 is 0 Å². The van der Waals surface area contributed by atoms with Crippen molar-refractivity contribution < 1.29 is 4.74 Å². The number of rotatable bonds is 2. The van der Waals surface area contributed by atoms with Gasteiger partial charge in [0.25, 0.3) is 0 Å². The van der Waals surface area contributed by atoms with Crippen LogP contribution in [0.3, 0.4) is 0 Å². The van der Waals surface area contributed by atoms with Gasteiger partial charge in [-0.1, -0.05) is 18.7 Å². The molecule has 0 aliphatic carbocycles. The van der Waals surface area contributed by atoms with Crippen LogP contribution in [0.25, 0.3) is 15.9 Å². The van der Waals surface area contributed by atoms with Gasteiger partial charge in [0.05, 0.1) is 17.6 Å². The maximum absolute atomic E-state index is 6.06. The number of fused-ring (bicyclic) bond motifs is 5. The molecule has 0 saturated heterocycles. The number of hydrogen-bond donors (Lipinski definition) is 0. The highest BCUT2D eigenvalue weighted by Crippen LogP contribution is 2.41. The average molecular weight is 320 g/mol. The van der Waals surface area contributed by atoms with Crippen LogP contribution in [0.5, 0.6) is 0 Å². The predicted octanol–water partition coefficient (Wildman–Crippen LogP) is 3.30. The highest BCUT2D eigenvalue weighted by Gasteiger charge is 2.33. The van der Waals surface area contributed by atoms with Crippen LogP contribution in [0.2, 0.25) is 0 Å². The molecule has 110 valence electrons. The fourth-order valence-corrected chi connectivity index (χ4v) is 4.50. The predicted molar refractivity (Wildman–Crippen MR) is 85.1 cm³/mol. The number of nitrogens with zero attached hydrogens (tertiary/aromatic N) is 4. The van der Waals surface area contributed by atoms with E-state index in [1.54, 1.807) is 29.4 Å². The van der Waals surface area contributed by atoms with E-state index in [4.69, 9.17) is 9.72 Å². The van der Waals surface area contributed by atoms with E-state index in [0.717, 1.165) is 33.9 Å². The van der Waals surface area contributed by atoms with Gasteiger partial charge in [-0.2, -0.15) is 0 Å². The van der Waals surface area contributed by atoms with Crippen LogP contribution in [0.4, 0.5) is 0 Å². The van der Waals surface area contributed by atoms with Crippen molar-refractivity contribution in [1.29, 1.82) is 0 Å². The summed E-state index contributed by atoms with van der Waals surface area (Å²) in [5.74, 6) is 0. The second kappa shape index (κ2) is 4.66. The van der Waals surface area contributed by atoms with Crippen LogP contribution in [-0.2, 0) is 17.8 Å². The SMILES string of the molecule is CC[C@@]1(C)Cc2c(sc3nc(SC)n4cnnc4c23)CO1. The van der Waals surface area contributed by atoms with Crippen LogP contribution in [-0.4, -0.2) is 31.4 Å². The summed E-state index contributed by atoms with van der Waals surface area (Å²) in [6.45, 7) is 5.04. The van der Waals surface area contributed by atoms with Gasteiger partial charge in [0.15, 0.2) is 10.8 Å². The number of thiophene rings is 1. The lowest BCUT2D eigenvalue weighted by Gasteiger charge is -2.32. The normalized spacial score (nSPS) is 22.0. The highest BCUT2D eigenvalue weighted by atomic mass is 32.2. The monoisotopic (exact) mass is 320 g/mol. The van der Waals surface area contributed by atoms with Gasteiger partial charge in [-0.3, -0.25) is 4.40 Å². The van der Waals surface area contributed by atoms with Crippen LogP contribution in [0.1, 0.15) is 30.7 Å². The van der Waals surface area contributed by atoms with Gasteiger partial charge in [-0.25, -0.2) is 4.98 Å². The molecule has 0 N–H and O–H groups in total. The van der Waals surface area contributed by atoms with Gasteiger partial charge in [-0.05, 0) is 25.2 Å². The van der Waals surface area contributed by atoms with Gasteiger partial charge in [0.1, 0.15) is 11.2 Å². The molecule has 0 saturated carbocycles. The molecule has 1 aliphatic heterocycles. The Balaban J connectivity index is 2.04. The van der Waals surface area contributed by atoms with Crippen molar-refractivity contribution in [1.82, 2.24) is 19.6 Å². The van der Waals surface area contributed by atoms with Crippen LogP contribution in [0.15, 0.2) is 11.5 Å². The Morgan fingerprint density at radius 2 is 2.38 bits per heavy atom. The molecule has 0 bridgehead atoms. The molecule has 4 rings (SSSR count). The van der Waals surface area contributed by atoms with Crippen LogP contribution >= 0.6 is 23.1 Å². The molecule has 3 aromatic heterocycles. The van der Waals surface area contributed by atoms with E-state index in [2.05, 4.69) is 24.0 Å². The van der Waals surface area contributed by atoms with Crippen molar-refractivity contribution in [2.75, 3.05) is 6.26 Å². The Labute approximate surface area is 130 Å². The zero-order chi connectivity index (χ0) is 14.6. The van der Waals surface area contributed by atoms with E-state index in [1.165, 1.54) is 10.4 Å². The zero-order valence-electron chi connectivity index (χ0n) is 12.2. The molecule has 3 aromatic rings. The summed E-state index contributed by atoms with van der Waals surface area (Å²) in [6.07, 6.45) is 5.69. The Bertz CT molecular complexity index is 840. The molecular formula is C14H16N4OS2. The van der Waals surface area contributed by atoms with Crippen molar-refractivity contribution in [2.24, 2.45) is 0 Å². The summed E-state index contributed by atoms with van der Waals surface area (Å²) in [5.41, 5.74) is 2.18. The summed E-state index contributed by atoms with van der Waals surface area (Å²) in [6, 6.07) is 0. The summed E-state index contributed by atoms with van der Waals surface area (Å²) in [4.78, 5) is 7.12. The Hall–Kier alpha value is -1.18. The van der Waals surface area contributed by atoms with Gasteiger partial charge in [0, 0.05) is 11.3 Å². The van der Waals surface area contributed by atoms with Crippen molar-refractivity contribution in [3.05, 3.63) is 16.8 Å². The quantitative estimate of drug-likeness (QED) is 0.535. The summed E-state index contributed by atoms with van der Waals surface area (Å²) >= 11 is 3.34. The van der Waals surface area contributed by atoms with E-state index in [9.17, 15) is 0 Å². The summed E-state index contributed by atoms with van der Waals surface area (Å²) in [5, 5.41) is 10.5. The number of aromatic nitrogens is 4. The molecule has 0 aromatic carbocycles. The molecule has 7 heteroatoms. The lowest BCUT2D eigenvalue weighted by Crippen LogP contribution is -2.33. The molecule has 1 aliphatic rings. The number of thioether (sulfide) groups is 1. The third-order valence-corrected chi connectivity index (χ3v) is 6.03. The molecule has 4 heterocycles. The van der Waals surface area contributed by atoms with Gasteiger partial charge >= 0.3 is 0 Å². The third-order valence-electron chi connectivity index (χ3n) is 4.28. The fourth-order valence-electron chi connectivity index (χ4n) is 2.83. The van der Waals surface area contributed by atoms with Crippen molar-refractivity contribution in [2.45, 2.75) is 44.1 Å². The molecule has 0 fully saturated rings. The lowest BCUT2D eigenvalue weighted by molar-refractivity contribution is -0.0542. The fraction of sp³-hybridized carbons (Fsp3) is 0.500. The van der Waals surface area contributed by atoms with Crippen molar-refractivity contribution in [3.8, 4) is 0 Å². The molecular weight excluding hydrogens is 304 g/mol. The number of hydrogen-bond acceptors (Lipinski definition) is 6. The first-order valence-electron chi connectivity index (χ1n) is 6.97. The smallest absolute Gasteiger partial charge is 0.176 e. The minimum absolute atomic E-state index is 0.0871. The molecule has 5 nitrogen and oxygen atoms in total. The average Bonchev–Trinajstić information content (AvgIpc) is 3.09. The Kier molecular flexibility index (Phi) is 2.99. The minimum Gasteiger partial charge on any atom is -0.369 e. The first-order valence-corrected chi connectivity index (χ1v) is 9.01. The minimum atomic E-state index is -0.0871. The standard InChI is InChI=1S/C14H16N4OS2/c1-4-14(2)5-8-9(6-19-14)21-12-10(8)11-17-15-7-18(11)13(16-12)20-3/h7H,4-6H2,1-3H3/t14-/m0/s1. The zero-order valence-corrected chi connectivity index (χ0v) is 13.8. The molecule has 0 radical (unpaired) electrons. The van der Waals surface area contributed by atoms with Crippen molar-refractivity contribution in [3.63, 3.8) is 0 Å². The third kappa shape index (κ3) is 1.91. The first kappa shape index (κ1) is 13.5. The van der Waals surface area contributed by atoms with E-state index in [0.29, 0.717) is 6.61 Å². The first-order chi connectivity index (χ1) is 10.1. The molecule has 0 amide bonds. The van der Waals surface area contributed by atoms with Gasteiger partial charge in [-0.15, -0.1) is 21.5 Å². The van der Waals surface area contributed by atoms with Gasteiger partial charge in [0.2, 0.25) is 0 Å². The Morgan fingerprint density at radius 3 is 3.14 bits per heavy atom. The maximum Gasteiger partial charge on any atom is 0.176 e. The van der Waals surface area contributed by atoms with E-state index in [1.807, 2.05) is 10.7 Å². The van der Waals surface area contributed by atoms with Crippen molar-refractivity contribution >= 4 is 39.0 Å². The summed E-state index contributed by atoms with van der Waals surface area (Å²) < 4.78 is 8.04. The summed E-state index contributed by atoms with van der Waals surface area (Å²) in [7, 11) is 0. The second-order valence-electron chi connectivity index (χ2n) is 5.58. The molecule has 0 spiro atoms. The largest absolute Gasteiger partial charge is 0.369 e. The van der Waals surface area contributed by atoms with E-state index in [-0.39, 0.29) is 5.60 Å². The maximum atomic E-state index is 6.06. The Morgan fingerprint density at radius 1 is 1.52 bits per heavy atom. The molecule has 0 unspecified atom stereocenters. The van der Waals surface area contributed by atoms with E-state index >= 15 is 0 Å². The second-order valence-corrected chi connectivity index (χ2v) is 7.43. The lowest BCUT2D eigenvalue weighted by atomic mass is 9.90.